The van der Waals surface area contributed by atoms with E-state index in [2.05, 4.69) is 16.0 Å². The van der Waals surface area contributed by atoms with Crippen LogP contribution in [0.1, 0.15) is 24.8 Å². The van der Waals surface area contributed by atoms with Gasteiger partial charge in [-0.3, -0.25) is 0 Å². The fraction of sp³-hybridized carbons (Fsp3) is 0.308. The highest BCUT2D eigenvalue weighted by atomic mass is 16.1. The number of fused-ring (bicyclic) bond motifs is 1. The van der Waals surface area contributed by atoms with Crippen molar-refractivity contribution in [3.63, 3.8) is 0 Å². The summed E-state index contributed by atoms with van der Waals surface area (Å²) in [6.07, 6.45) is 6.69. The molecule has 1 aromatic heterocycles. The fourth-order valence-electron chi connectivity index (χ4n) is 2.53. The van der Waals surface area contributed by atoms with Crippen molar-refractivity contribution in [2.75, 3.05) is 0 Å². The summed E-state index contributed by atoms with van der Waals surface area (Å²) >= 11 is 0. The molecule has 0 unspecified atom stereocenters. The van der Waals surface area contributed by atoms with Crippen LogP contribution in [0.2, 0.25) is 0 Å². The smallest absolute Gasteiger partial charge is 0.235 e. The average Bonchev–Trinajstić information content (AvgIpc) is 2.71. The third-order valence-electron chi connectivity index (χ3n) is 3.54. The van der Waals surface area contributed by atoms with E-state index in [-0.39, 0.29) is 5.54 Å². The van der Waals surface area contributed by atoms with Crippen LogP contribution >= 0.6 is 0 Å². The van der Waals surface area contributed by atoms with Gasteiger partial charge >= 0.3 is 0 Å². The van der Waals surface area contributed by atoms with Gasteiger partial charge in [-0.1, -0.05) is 12.1 Å². The molecule has 16 heavy (non-hydrogen) atoms. The Bertz CT molecular complexity index is 574. The molecule has 3 heteroatoms. The third kappa shape index (κ3) is 1.15. The number of benzene rings is 1. The van der Waals surface area contributed by atoms with Gasteiger partial charge in [0.05, 0.1) is 5.54 Å². The summed E-state index contributed by atoms with van der Waals surface area (Å²) in [5.74, 6) is 0. The Kier molecular flexibility index (Phi) is 1.95. The molecule has 1 fully saturated rings. The number of aromatic nitrogens is 1. The van der Waals surface area contributed by atoms with Gasteiger partial charge in [0, 0.05) is 17.1 Å². The van der Waals surface area contributed by atoms with E-state index in [1.807, 2.05) is 24.4 Å². The van der Waals surface area contributed by atoms with Crippen LogP contribution in [-0.2, 0) is 10.3 Å². The topological polar surface area (TPSA) is 45.2 Å². The maximum Gasteiger partial charge on any atom is 0.235 e. The molecule has 3 nitrogen and oxygen atoms in total. The van der Waals surface area contributed by atoms with Gasteiger partial charge in [-0.2, -0.15) is 4.99 Å². The van der Waals surface area contributed by atoms with Crippen molar-refractivity contribution in [1.29, 1.82) is 0 Å². The highest BCUT2D eigenvalue weighted by Gasteiger charge is 2.39. The predicted molar refractivity (Wildman–Crippen MR) is 61.9 cm³/mol. The zero-order valence-electron chi connectivity index (χ0n) is 8.86. The van der Waals surface area contributed by atoms with Gasteiger partial charge in [0.25, 0.3) is 0 Å². The lowest BCUT2D eigenvalue weighted by molar-refractivity contribution is 0.258. The van der Waals surface area contributed by atoms with Crippen molar-refractivity contribution in [1.82, 2.24) is 4.98 Å². The number of hydrogen-bond donors (Lipinski definition) is 1. The Hall–Kier alpha value is -1.86. The second-order valence-corrected chi connectivity index (χ2v) is 4.33. The van der Waals surface area contributed by atoms with E-state index in [1.165, 1.54) is 5.39 Å². The molecule has 0 aliphatic heterocycles. The largest absolute Gasteiger partial charge is 0.361 e. The van der Waals surface area contributed by atoms with Gasteiger partial charge in [-0.15, -0.1) is 0 Å². The maximum absolute atomic E-state index is 10.6. The number of isocyanates is 1. The number of H-pyrrole nitrogens is 1. The van der Waals surface area contributed by atoms with Gasteiger partial charge in [0.2, 0.25) is 6.08 Å². The Labute approximate surface area is 93.2 Å². The Morgan fingerprint density at radius 2 is 2.19 bits per heavy atom. The van der Waals surface area contributed by atoms with Gasteiger partial charge in [-0.25, -0.2) is 4.79 Å². The predicted octanol–water partition coefficient (Wildman–Crippen LogP) is 2.88. The number of carbonyl (C=O) groups excluding carboxylic acids is 1. The van der Waals surface area contributed by atoms with Crippen LogP contribution in [0.25, 0.3) is 10.9 Å². The lowest BCUT2D eigenvalue weighted by atomic mass is 9.71. The summed E-state index contributed by atoms with van der Waals surface area (Å²) in [5.41, 5.74) is 1.95. The molecule has 0 atom stereocenters. The van der Waals surface area contributed by atoms with E-state index in [9.17, 15) is 4.79 Å². The number of hydrogen-bond acceptors (Lipinski definition) is 2. The zero-order valence-corrected chi connectivity index (χ0v) is 8.86. The van der Waals surface area contributed by atoms with Crippen LogP contribution in [0, 0.1) is 0 Å². The molecule has 1 heterocycles. The molecule has 1 aromatic carbocycles. The SMILES string of the molecule is O=C=NC1(c2cccc3[nH]ccc23)CCC1. The molecule has 0 spiro atoms. The first-order valence-electron chi connectivity index (χ1n) is 5.51. The zero-order chi connectivity index (χ0) is 11.0. The van der Waals surface area contributed by atoms with E-state index >= 15 is 0 Å². The normalized spacial score (nSPS) is 17.8. The minimum Gasteiger partial charge on any atom is -0.361 e. The van der Waals surface area contributed by atoms with Crippen molar-refractivity contribution in [2.45, 2.75) is 24.8 Å². The number of aliphatic imine (C=N–C) groups is 1. The summed E-state index contributed by atoms with van der Waals surface area (Å²) in [7, 11) is 0. The second kappa shape index (κ2) is 3.32. The summed E-state index contributed by atoms with van der Waals surface area (Å²) in [4.78, 5) is 17.8. The lowest BCUT2D eigenvalue weighted by Crippen LogP contribution is -2.31. The summed E-state index contributed by atoms with van der Waals surface area (Å²) in [6, 6.07) is 8.16. The molecular weight excluding hydrogens is 200 g/mol. The van der Waals surface area contributed by atoms with Crippen molar-refractivity contribution >= 4 is 17.0 Å². The summed E-state index contributed by atoms with van der Waals surface area (Å²) in [6.45, 7) is 0. The molecular formula is C13H12N2O. The van der Waals surface area contributed by atoms with Crippen molar-refractivity contribution in [2.24, 2.45) is 4.99 Å². The van der Waals surface area contributed by atoms with E-state index in [4.69, 9.17) is 0 Å². The number of rotatable bonds is 2. The first-order chi connectivity index (χ1) is 7.86. The first kappa shape index (κ1) is 9.37. The minimum atomic E-state index is -0.302. The molecule has 1 aliphatic rings. The van der Waals surface area contributed by atoms with Gasteiger partial charge in [0.1, 0.15) is 0 Å². The third-order valence-corrected chi connectivity index (χ3v) is 3.54. The Morgan fingerprint density at radius 3 is 2.88 bits per heavy atom. The molecule has 1 saturated carbocycles. The molecule has 0 amide bonds. The highest BCUT2D eigenvalue weighted by molar-refractivity contribution is 5.84. The van der Waals surface area contributed by atoms with Crippen molar-refractivity contribution < 1.29 is 4.79 Å². The van der Waals surface area contributed by atoms with Crippen molar-refractivity contribution in [3.8, 4) is 0 Å². The first-order valence-corrected chi connectivity index (χ1v) is 5.51. The van der Waals surface area contributed by atoms with Gasteiger partial charge in [0.15, 0.2) is 0 Å². The monoisotopic (exact) mass is 212 g/mol. The molecule has 0 saturated heterocycles. The number of nitrogens with one attached hydrogen (secondary N) is 1. The van der Waals surface area contributed by atoms with E-state index in [1.54, 1.807) is 6.08 Å². The van der Waals surface area contributed by atoms with Crippen LogP contribution in [0.5, 0.6) is 0 Å². The fourth-order valence-corrected chi connectivity index (χ4v) is 2.53. The van der Waals surface area contributed by atoms with Crippen LogP contribution in [0.3, 0.4) is 0 Å². The van der Waals surface area contributed by atoms with E-state index in [0.717, 1.165) is 30.3 Å². The Morgan fingerprint density at radius 1 is 1.31 bits per heavy atom. The minimum absolute atomic E-state index is 0.302. The number of aromatic amines is 1. The highest BCUT2D eigenvalue weighted by Crippen LogP contribution is 2.46. The standard InChI is InChI=1S/C13H12N2O/c16-9-15-13(6-2-7-13)11-3-1-4-12-10(11)5-8-14-12/h1,3-5,8,14H,2,6-7H2. The van der Waals surface area contributed by atoms with E-state index < -0.39 is 0 Å². The Balaban J connectivity index is 2.24. The van der Waals surface area contributed by atoms with Crippen LogP contribution in [0.4, 0.5) is 0 Å². The summed E-state index contributed by atoms with van der Waals surface area (Å²) in [5, 5.41) is 1.17. The van der Waals surface area contributed by atoms with Crippen LogP contribution < -0.4 is 0 Å². The molecule has 0 bridgehead atoms. The van der Waals surface area contributed by atoms with Crippen molar-refractivity contribution in [3.05, 3.63) is 36.0 Å². The molecule has 3 rings (SSSR count). The van der Waals surface area contributed by atoms with E-state index in [0.29, 0.717) is 0 Å². The molecule has 80 valence electrons. The van der Waals surface area contributed by atoms with Crippen LogP contribution in [0.15, 0.2) is 35.5 Å². The molecule has 1 aliphatic carbocycles. The quantitative estimate of drug-likeness (QED) is 0.603. The second-order valence-electron chi connectivity index (χ2n) is 4.33. The van der Waals surface area contributed by atoms with Gasteiger partial charge in [-0.05, 0) is 37.0 Å². The molecule has 1 N–H and O–H groups in total. The maximum atomic E-state index is 10.6. The molecule has 2 aromatic rings. The average molecular weight is 212 g/mol. The van der Waals surface area contributed by atoms with Gasteiger partial charge < -0.3 is 4.98 Å². The lowest BCUT2D eigenvalue weighted by Gasteiger charge is -2.37. The number of nitrogens with zero attached hydrogens (tertiary/aromatic N) is 1. The molecule has 0 radical (unpaired) electrons. The van der Waals surface area contributed by atoms with Crippen LogP contribution in [-0.4, -0.2) is 11.1 Å². The summed E-state index contributed by atoms with van der Waals surface area (Å²) < 4.78 is 0.